The van der Waals surface area contributed by atoms with Crippen LogP contribution < -0.4 is 19.7 Å². The average molecular weight is 386 g/mol. The number of benzene rings is 2. The Balaban J connectivity index is 2.20. The Morgan fingerprint density at radius 2 is 1.75 bits per heavy atom. The molecule has 0 spiro atoms. The molecule has 0 fully saturated rings. The molecular formula is C20H22N2O6. The van der Waals surface area contributed by atoms with Gasteiger partial charge in [0, 0.05) is 18.7 Å². The minimum atomic E-state index is -0.510. The van der Waals surface area contributed by atoms with Crippen LogP contribution in [0.4, 0.5) is 11.4 Å². The Bertz CT molecular complexity index is 881. The zero-order valence-electron chi connectivity index (χ0n) is 16.1. The first-order valence-electron chi connectivity index (χ1n) is 8.38. The largest absolute Gasteiger partial charge is 0.497 e. The second kappa shape index (κ2) is 9.40. The lowest BCUT2D eigenvalue weighted by molar-refractivity contribution is -0.120. The highest BCUT2D eigenvalue weighted by Crippen LogP contribution is 2.32. The molecule has 2 aromatic rings. The Hall–Kier alpha value is -3.55. The third-order valence-corrected chi connectivity index (χ3v) is 3.93. The molecule has 0 radical (unpaired) electrons. The second-order valence-corrected chi connectivity index (χ2v) is 5.76. The maximum Gasteiger partial charge on any atom is 0.337 e. The van der Waals surface area contributed by atoms with Crippen LogP contribution in [0.25, 0.3) is 0 Å². The number of carbonyl (C=O) groups is 3. The number of hydrogen-bond donors (Lipinski definition) is 1. The van der Waals surface area contributed by atoms with E-state index in [2.05, 4.69) is 10.1 Å². The molecule has 2 rings (SSSR count). The molecular weight excluding hydrogens is 364 g/mol. The molecule has 8 nitrogen and oxygen atoms in total. The van der Waals surface area contributed by atoms with E-state index in [1.54, 1.807) is 36.4 Å². The predicted octanol–water partition coefficient (Wildman–Crippen LogP) is 2.48. The summed E-state index contributed by atoms with van der Waals surface area (Å²) < 4.78 is 15.1. The number of hydrogen-bond acceptors (Lipinski definition) is 6. The van der Waals surface area contributed by atoms with Crippen molar-refractivity contribution in [3.05, 3.63) is 48.0 Å². The van der Waals surface area contributed by atoms with Gasteiger partial charge in [-0.25, -0.2) is 4.79 Å². The number of esters is 1. The summed E-state index contributed by atoms with van der Waals surface area (Å²) in [4.78, 5) is 37.5. The summed E-state index contributed by atoms with van der Waals surface area (Å²) in [5.74, 6) is -0.315. The normalized spacial score (nSPS) is 10.0. The number of nitrogens with zero attached hydrogens (tertiary/aromatic N) is 1. The molecule has 148 valence electrons. The number of amides is 2. The van der Waals surface area contributed by atoms with Gasteiger partial charge in [-0.05, 0) is 30.3 Å². The number of carbonyl (C=O) groups excluding carboxylic acids is 3. The molecule has 0 bridgehead atoms. The average Bonchev–Trinajstić information content (AvgIpc) is 2.70. The van der Waals surface area contributed by atoms with Crippen LogP contribution in [0.15, 0.2) is 42.5 Å². The molecule has 28 heavy (non-hydrogen) atoms. The number of methoxy groups -OCH3 is 3. The van der Waals surface area contributed by atoms with Gasteiger partial charge in [0.15, 0.2) is 0 Å². The maximum atomic E-state index is 12.5. The number of anilines is 2. The summed E-state index contributed by atoms with van der Waals surface area (Å²) >= 11 is 0. The highest BCUT2D eigenvalue weighted by Gasteiger charge is 2.20. The molecule has 1 N–H and O–H groups in total. The van der Waals surface area contributed by atoms with Gasteiger partial charge in [0.25, 0.3) is 0 Å². The van der Waals surface area contributed by atoms with Crippen molar-refractivity contribution in [2.75, 3.05) is 38.1 Å². The van der Waals surface area contributed by atoms with Crippen LogP contribution in [0.5, 0.6) is 11.5 Å². The molecule has 0 aliphatic heterocycles. The lowest BCUT2D eigenvalue weighted by Crippen LogP contribution is -2.37. The van der Waals surface area contributed by atoms with Crippen molar-refractivity contribution in [1.82, 2.24) is 0 Å². The molecule has 2 aromatic carbocycles. The van der Waals surface area contributed by atoms with Gasteiger partial charge in [0.05, 0.1) is 32.6 Å². The standard InChI is InChI=1S/C20H22N2O6/c1-13(23)22(17-9-8-16(26-2)11-18(17)27-3)12-19(24)21-15-7-5-6-14(10-15)20(25)28-4/h5-11H,12H2,1-4H3,(H,21,24). The fourth-order valence-corrected chi connectivity index (χ4v) is 2.56. The van der Waals surface area contributed by atoms with Gasteiger partial charge in [-0.15, -0.1) is 0 Å². The minimum absolute atomic E-state index is 0.236. The van der Waals surface area contributed by atoms with Gasteiger partial charge in [-0.2, -0.15) is 0 Å². The molecule has 8 heteroatoms. The van der Waals surface area contributed by atoms with Gasteiger partial charge in [-0.1, -0.05) is 6.07 Å². The lowest BCUT2D eigenvalue weighted by atomic mass is 10.2. The quantitative estimate of drug-likeness (QED) is 0.735. The molecule has 0 aliphatic carbocycles. The predicted molar refractivity (Wildman–Crippen MR) is 104 cm³/mol. The van der Waals surface area contributed by atoms with Crippen LogP contribution in [-0.4, -0.2) is 45.7 Å². The van der Waals surface area contributed by atoms with Crippen molar-refractivity contribution in [1.29, 1.82) is 0 Å². The van der Waals surface area contributed by atoms with E-state index in [4.69, 9.17) is 9.47 Å². The Kier molecular flexibility index (Phi) is 6.97. The zero-order chi connectivity index (χ0) is 20.7. The van der Waals surface area contributed by atoms with Crippen LogP contribution in [0.1, 0.15) is 17.3 Å². The number of nitrogens with one attached hydrogen (secondary N) is 1. The van der Waals surface area contributed by atoms with E-state index in [0.717, 1.165) is 0 Å². The Labute approximate surface area is 163 Å². The van der Waals surface area contributed by atoms with Gasteiger partial charge in [0.1, 0.15) is 18.0 Å². The highest BCUT2D eigenvalue weighted by molar-refractivity contribution is 6.03. The highest BCUT2D eigenvalue weighted by atomic mass is 16.5. The van der Waals surface area contributed by atoms with Crippen molar-refractivity contribution < 1.29 is 28.6 Å². The monoisotopic (exact) mass is 386 g/mol. The topological polar surface area (TPSA) is 94.2 Å². The van der Waals surface area contributed by atoms with E-state index >= 15 is 0 Å². The van der Waals surface area contributed by atoms with Crippen LogP contribution in [0, 0.1) is 0 Å². The SMILES string of the molecule is COC(=O)c1cccc(NC(=O)CN(C(C)=O)c2ccc(OC)cc2OC)c1. The molecule has 2 amide bonds. The summed E-state index contributed by atoms with van der Waals surface area (Å²) in [6.07, 6.45) is 0. The van der Waals surface area contributed by atoms with Crippen LogP contribution in [0.2, 0.25) is 0 Å². The van der Waals surface area contributed by atoms with Crippen molar-refractivity contribution >= 4 is 29.2 Å². The minimum Gasteiger partial charge on any atom is -0.497 e. The van der Waals surface area contributed by atoms with E-state index in [-0.39, 0.29) is 12.5 Å². The third kappa shape index (κ3) is 5.00. The fourth-order valence-electron chi connectivity index (χ4n) is 2.56. The fraction of sp³-hybridized carbons (Fsp3) is 0.250. The molecule has 0 heterocycles. The third-order valence-electron chi connectivity index (χ3n) is 3.93. The van der Waals surface area contributed by atoms with Crippen molar-refractivity contribution in [3.63, 3.8) is 0 Å². The van der Waals surface area contributed by atoms with Crippen LogP contribution in [0.3, 0.4) is 0 Å². The van der Waals surface area contributed by atoms with E-state index in [1.807, 2.05) is 0 Å². The summed E-state index contributed by atoms with van der Waals surface area (Å²) in [5, 5.41) is 2.67. The first-order valence-corrected chi connectivity index (χ1v) is 8.38. The summed E-state index contributed by atoms with van der Waals surface area (Å²) in [6, 6.07) is 11.3. The summed E-state index contributed by atoms with van der Waals surface area (Å²) in [5.41, 5.74) is 1.16. The molecule has 0 aliphatic rings. The molecule has 0 aromatic heterocycles. The molecule has 0 unspecified atom stereocenters. The zero-order valence-corrected chi connectivity index (χ0v) is 16.1. The maximum absolute atomic E-state index is 12.5. The van der Waals surface area contributed by atoms with E-state index in [0.29, 0.717) is 28.4 Å². The van der Waals surface area contributed by atoms with Gasteiger partial charge < -0.3 is 19.5 Å². The Morgan fingerprint density at radius 3 is 2.36 bits per heavy atom. The Morgan fingerprint density at radius 1 is 1.00 bits per heavy atom. The van der Waals surface area contributed by atoms with Crippen molar-refractivity contribution in [2.24, 2.45) is 0 Å². The van der Waals surface area contributed by atoms with Gasteiger partial charge >= 0.3 is 5.97 Å². The van der Waals surface area contributed by atoms with Crippen molar-refractivity contribution in [3.8, 4) is 11.5 Å². The smallest absolute Gasteiger partial charge is 0.337 e. The summed E-state index contributed by atoms with van der Waals surface area (Å²) in [7, 11) is 4.27. The second-order valence-electron chi connectivity index (χ2n) is 5.76. The van der Waals surface area contributed by atoms with Gasteiger partial charge in [0.2, 0.25) is 11.8 Å². The van der Waals surface area contributed by atoms with E-state index < -0.39 is 11.9 Å². The van der Waals surface area contributed by atoms with E-state index in [9.17, 15) is 14.4 Å². The van der Waals surface area contributed by atoms with Crippen molar-refractivity contribution in [2.45, 2.75) is 6.92 Å². The van der Waals surface area contributed by atoms with Crippen LogP contribution in [-0.2, 0) is 14.3 Å². The van der Waals surface area contributed by atoms with Gasteiger partial charge in [-0.3, -0.25) is 14.5 Å². The van der Waals surface area contributed by atoms with Crippen LogP contribution >= 0.6 is 0 Å². The summed E-state index contributed by atoms with van der Waals surface area (Å²) in [6.45, 7) is 1.12. The molecule has 0 saturated heterocycles. The number of ether oxygens (including phenoxy) is 3. The first-order chi connectivity index (χ1) is 13.4. The lowest BCUT2D eigenvalue weighted by Gasteiger charge is -2.23. The number of rotatable bonds is 7. The molecule has 0 saturated carbocycles. The van der Waals surface area contributed by atoms with E-state index in [1.165, 1.54) is 39.2 Å². The molecule has 0 atom stereocenters. The first kappa shape index (κ1) is 20.8.